The molecule has 0 aliphatic heterocycles. The monoisotopic (exact) mass is 514 g/mol. The largest absolute Gasteiger partial charge is 0.293 e. The van der Waals surface area contributed by atoms with Gasteiger partial charge in [0.05, 0.1) is 34.5 Å². The van der Waals surface area contributed by atoms with Crippen LogP contribution in [0.25, 0.3) is 79.6 Å². The summed E-state index contributed by atoms with van der Waals surface area (Å²) < 4.78 is 4.33. The van der Waals surface area contributed by atoms with Crippen molar-refractivity contribution in [3.8, 4) is 11.6 Å². The van der Waals surface area contributed by atoms with Crippen molar-refractivity contribution in [2.45, 2.75) is 0 Å². The summed E-state index contributed by atoms with van der Waals surface area (Å²) in [5.74, 6) is 1.51. The van der Waals surface area contributed by atoms with E-state index < -0.39 is 0 Å². The van der Waals surface area contributed by atoms with Crippen LogP contribution in [0.2, 0.25) is 0 Å². The Morgan fingerprint density at radius 2 is 0.700 bits per heavy atom. The van der Waals surface area contributed by atoms with E-state index in [1.54, 1.807) is 0 Å². The standard InChI is InChI=1S/C36H26N4/c1-5-23-9-13-31-27(17-23)28-18-24(6-2)10-14-32(28)39(31)35-21-38-36(22-37-35)40-33-15-11-25(7-3)19-29(33)30-20-26(8-4)12-16-34(30)40/h5-22H,1-4H2. The lowest BCUT2D eigenvalue weighted by Gasteiger charge is -2.10. The van der Waals surface area contributed by atoms with E-state index >= 15 is 0 Å². The first-order valence-corrected chi connectivity index (χ1v) is 13.1. The average molecular weight is 515 g/mol. The molecule has 4 nitrogen and oxygen atoms in total. The molecule has 0 spiro atoms. The lowest BCUT2D eigenvalue weighted by atomic mass is 10.1. The summed E-state index contributed by atoms with van der Waals surface area (Å²) in [5, 5.41) is 4.56. The molecule has 0 atom stereocenters. The zero-order valence-electron chi connectivity index (χ0n) is 22.0. The van der Waals surface area contributed by atoms with Crippen LogP contribution >= 0.6 is 0 Å². The summed E-state index contributed by atoms with van der Waals surface area (Å²) in [6.07, 6.45) is 11.2. The van der Waals surface area contributed by atoms with E-state index in [4.69, 9.17) is 9.97 Å². The van der Waals surface area contributed by atoms with E-state index in [1.165, 1.54) is 0 Å². The van der Waals surface area contributed by atoms with E-state index in [2.05, 4.69) is 108 Å². The van der Waals surface area contributed by atoms with Crippen LogP contribution in [0.3, 0.4) is 0 Å². The summed E-state index contributed by atoms with van der Waals surface area (Å²) in [7, 11) is 0. The fraction of sp³-hybridized carbons (Fsp3) is 0. The molecular weight excluding hydrogens is 488 g/mol. The lowest BCUT2D eigenvalue weighted by molar-refractivity contribution is 0.989. The summed E-state index contributed by atoms with van der Waals surface area (Å²) in [4.78, 5) is 9.90. The Labute approximate surface area is 232 Å². The number of benzene rings is 4. The van der Waals surface area contributed by atoms with E-state index in [1.807, 2.05) is 36.7 Å². The van der Waals surface area contributed by atoms with Crippen LogP contribution in [0.5, 0.6) is 0 Å². The first-order valence-electron chi connectivity index (χ1n) is 13.1. The Kier molecular flexibility index (Phi) is 5.36. The van der Waals surface area contributed by atoms with E-state index in [0.29, 0.717) is 0 Å². The maximum absolute atomic E-state index is 4.95. The van der Waals surface area contributed by atoms with Gasteiger partial charge >= 0.3 is 0 Å². The fourth-order valence-corrected chi connectivity index (χ4v) is 5.66. The van der Waals surface area contributed by atoms with Gasteiger partial charge in [-0.25, -0.2) is 9.97 Å². The van der Waals surface area contributed by atoms with E-state index in [-0.39, 0.29) is 0 Å². The molecule has 0 saturated carbocycles. The molecule has 4 heteroatoms. The van der Waals surface area contributed by atoms with Crippen molar-refractivity contribution in [1.29, 1.82) is 0 Å². The van der Waals surface area contributed by atoms with Gasteiger partial charge in [0.2, 0.25) is 0 Å². The molecule has 4 aromatic carbocycles. The van der Waals surface area contributed by atoms with Crippen LogP contribution in [0.15, 0.2) is 112 Å². The Bertz CT molecular complexity index is 1880. The molecule has 0 amide bonds. The highest BCUT2D eigenvalue weighted by atomic mass is 15.1. The first-order chi connectivity index (χ1) is 19.6. The third kappa shape index (κ3) is 3.47. The molecule has 7 aromatic rings. The van der Waals surface area contributed by atoms with Crippen LogP contribution in [0.1, 0.15) is 22.3 Å². The predicted octanol–water partition coefficient (Wildman–Crippen LogP) is 9.24. The molecular formula is C36H26N4. The molecule has 0 unspecified atom stereocenters. The quantitative estimate of drug-likeness (QED) is 0.222. The highest BCUT2D eigenvalue weighted by Gasteiger charge is 2.17. The maximum Gasteiger partial charge on any atom is 0.156 e. The topological polar surface area (TPSA) is 35.6 Å². The van der Waals surface area contributed by atoms with E-state index in [0.717, 1.165) is 77.5 Å². The van der Waals surface area contributed by atoms with Crippen LogP contribution in [0, 0.1) is 0 Å². The Morgan fingerprint density at radius 3 is 0.925 bits per heavy atom. The average Bonchev–Trinajstić information content (AvgIpc) is 3.51. The van der Waals surface area contributed by atoms with Crippen LogP contribution in [0.4, 0.5) is 0 Å². The summed E-state index contributed by atoms with van der Waals surface area (Å²) >= 11 is 0. The number of rotatable bonds is 6. The Hall–Kier alpha value is -5.48. The summed E-state index contributed by atoms with van der Waals surface area (Å²) in [5.41, 5.74) is 8.55. The Morgan fingerprint density at radius 1 is 0.425 bits per heavy atom. The molecule has 40 heavy (non-hydrogen) atoms. The smallest absolute Gasteiger partial charge is 0.156 e. The lowest BCUT2D eigenvalue weighted by Crippen LogP contribution is -2.03. The van der Waals surface area contributed by atoms with Gasteiger partial charge in [0.15, 0.2) is 11.6 Å². The van der Waals surface area contributed by atoms with Crippen molar-refractivity contribution in [3.63, 3.8) is 0 Å². The molecule has 7 rings (SSSR count). The van der Waals surface area contributed by atoms with Gasteiger partial charge in [0.25, 0.3) is 0 Å². The maximum atomic E-state index is 4.95. The van der Waals surface area contributed by atoms with Gasteiger partial charge in [-0.2, -0.15) is 0 Å². The van der Waals surface area contributed by atoms with Gasteiger partial charge in [-0.05, 0) is 70.8 Å². The van der Waals surface area contributed by atoms with Gasteiger partial charge in [-0.15, -0.1) is 0 Å². The molecule has 3 aromatic heterocycles. The molecule has 0 radical (unpaired) electrons. The zero-order valence-corrected chi connectivity index (χ0v) is 22.0. The minimum Gasteiger partial charge on any atom is -0.293 e. The molecule has 0 saturated heterocycles. The van der Waals surface area contributed by atoms with Crippen LogP contribution < -0.4 is 0 Å². The number of aromatic nitrogens is 4. The van der Waals surface area contributed by atoms with Gasteiger partial charge in [-0.3, -0.25) is 9.13 Å². The van der Waals surface area contributed by atoms with Crippen molar-refractivity contribution in [2.75, 3.05) is 0 Å². The molecule has 190 valence electrons. The van der Waals surface area contributed by atoms with Crippen molar-refractivity contribution < 1.29 is 0 Å². The molecule has 0 aliphatic rings. The second-order valence-corrected chi connectivity index (χ2v) is 9.83. The summed E-state index contributed by atoms with van der Waals surface area (Å²) in [6.45, 7) is 15.8. The molecule has 3 heterocycles. The second-order valence-electron chi connectivity index (χ2n) is 9.83. The zero-order chi connectivity index (χ0) is 27.4. The van der Waals surface area contributed by atoms with E-state index in [9.17, 15) is 0 Å². The van der Waals surface area contributed by atoms with Crippen molar-refractivity contribution >= 4 is 67.9 Å². The molecule has 0 N–H and O–H groups in total. The van der Waals surface area contributed by atoms with Crippen LogP contribution in [-0.4, -0.2) is 19.1 Å². The number of fused-ring (bicyclic) bond motifs is 6. The molecule has 0 aliphatic carbocycles. The number of hydrogen-bond donors (Lipinski definition) is 0. The molecule has 0 bridgehead atoms. The minimum absolute atomic E-state index is 0.755. The minimum atomic E-state index is 0.755. The summed E-state index contributed by atoms with van der Waals surface area (Å²) in [6, 6.07) is 25.5. The van der Waals surface area contributed by atoms with Crippen molar-refractivity contribution in [2.24, 2.45) is 0 Å². The predicted molar refractivity (Wildman–Crippen MR) is 171 cm³/mol. The van der Waals surface area contributed by atoms with Crippen molar-refractivity contribution in [1.82, 2.24) is 19.1 Å². The van der Waals surface area contributed by atoms with Crippen LogP contribution in [-0.2, 0) is 0 Å². The third-order valence-electron chi connectivity index (χ3n) is 7.65. The van der Waals surface area contributed by atoms with Gasteiger partial charge in [0.1, 0.15) is 0 Å². The second kappa shape index (κ2) is 9.07. The Balaban J connectivity index is 1.45. The van der Waals surface area contributed by atoms with Gasteiger partial charge in [-0.1, -0.05) is 74.9 Å². The van der Waals surface area contributed by atoms with Crippen molar-refractivity contribution in [3.05, 3.63) is 134 Å². The highest BCUT2D eigenvalue weighted by Crippen LogP contribution is 2.35. The SMILES string of the molecule is C=Cc1ccc2c(c1)c1cc(C=C)ccc1n2-c1cnc(-n2c3ccc(C=C)cc3c3cc(C=C)ccc32)cn1. The molecule has 0 fully saturated rings. The number of nitrogens with zero attached hydrogens (tertiary/aromatic N) is 4. The third-order valence-corrected chi connectivity index (χ3v) is 7.65. The normalized spacial score (nSPS) is 11.4. The number of hydrogen-bond acceptors (Lipinski definition) is 2. The van der Waals surface area contributed by atoms with Gasteiger partial charge in [0, 0.05) is 21.5 Å². The fourth-order valence-electron chi connectivity index (χ4n) is 5.66. The van der Waals surface area contributed by atoms with Gasteiger partial charge < -0.3 is 0 Å². The first kappa shape index (κ1) is 23.6. The highest BCUT2D eigenvalue weighted by molar-refractivity contribution is 6.11.